The second kappa shape index (κ2) is 6.90. The lowest BCUT2D eigenvalue weighted by molar-refractivity contribution is -0.139. The molecule has 0 unspecified atom stereocenters. The van der Waals surface area contributed by atoms with E-state index in [-0.39, 0.29) is 5.97 Å². The number of carbonyl (C=O) groups excluding carboxylic acids is 1. The number of methoxy groups -OCH3 is 1. The van der Waals surface area contributed by atoms with Gasteiger partial charge in [-0.15, -0.1) is 0 Å². The maximum Gasteiger partial charge on any atom is 0.309 e. The van der Waals surface area contributed by atoms with Crippen LogP contribution in [0.3, 0.4) is 0 Å². The fraction of sp³-hybridized carbons (Fsp3) is 0.278. The maximum absolute atomic E-state index is 11.3. The molecule has 0 spiro atoms. The van der Waals surface area contributed by atoms with Gasteiger partial charge in [0.05, 0.1) is 13.5 Å². The van der Waals surface area contributed by atoms with E-state index in [1.54, 1.807) is 0 Å². The summed E-state index contributed by atoms with van der Waals surface area (Å²) in [6, 6.07) is 16.7. The van der Waals surface area contributed by atoms with Gasteiger partial charge in [-0.1, -0.05) is 61.9 Å². The van der Waals surface area contributed by atoms with E-state index in [2.05, 4.69) is 37.3 Å². The highest BCUT2D eigenvalue weighted by Gasteiger charge is 2.04. The third-order valence-electron chi connectivity index (χ3n) is 3.33. The average Bonchev–Trinajstić information content (AvgIpc) is 2.48. The minimum atomic E-state index is -0.208. The molecular weight excluding hydrogens is 248 g/mol. The molecule has 0 fully saturated rings. The summed E-state index contributed by atoms with van der Waals surface area (Å²) >= 11 is 0. The van der Waals surface area contributed by atoms with Crippen LogP contribution in [0.4, 0.5) is 0 Å². The molecule has 2 aromatic rings. The Morgan fingerprint density at radius 2 is 1.75 bits per heavy atom. The van der Waals surface area contributed by atoms with Crippen molar-refractivity contribution in [2.45, 2.75) is 26.2 Å². The van der Waals surface area contributed by atoms with E-state index in [1.165, 1.54) is 18.2 Å². The van der Waals surface area contributed by atoms with Crippen LogP contribution in [0.25, 0.3) is 11.1 Å². The zero-order chi connectivity index (χ0) is 14.4. The molecule has 2 rings (SSSR count). The molecule has 0 saturated carbocycles. The predicted molar refractivity (Wildman–Crippen MR) is 81.6 cm³/mol. The first kappa shape index (κ1) is 14.3. The van der Waals surface area contributed by atoms with Crippen LogP contribution < -0.4 is 0 Å². The molecule has 0 amide bonds. The second-order valence-electron chi connectivity index (χ2n) is 4.90. The first-order chi connectivity index (χ1) is 9.72. The molecule has 0 radical (unpaired) electrons. The smallest absolute Gasteiger partial charge is 0.309 e. The van der Waals surface area contributed by atoms with Crippen molar-refractivity contribution in [3.63, 3.8) is 0 Å². The summed E-state index contributed by atoms with van der Waals surface area (Å²) in [6.07, 6.45) is 2.59. The van der Waals surface area contributed by atoms with Gasteiger partial charge in [-0.25, -0.2) is 0 Å². The molecule has 104 valence electrons. The molecule has 2 heteroatoms. The van der Waals surface area contributed by atoms with Gasteiger partial charge in [0.15, 0.2) is 0 Å². The lowest BCUT2D eigenvalue weighted by atomic mass is 10.00. The zero-order valence-corrected chi connectivity index (χ0v) is 12.1. The number of carbonyl (C=O) groups is 1. The average molecular weight is 268 g/mol. The van der Waals surface area contributed by atoms with Gasteiger partial charge >= 0.3 is 5.97 Å². The van der Waals surface area contributed by atoms with Crippen LogP contribution in [-0.4, -0.2) is 13.1 Å². The molecular formula is C18H20O2. The van der Waals surface area contributed by atoms with Crippen molar-refractivity contribution in [3.05, 3.63) is 59.7 Å². The molecule has 0 aromatic heterocycles. The summed E-state index contributed by atoms with van der Waals surface area (Å²) < 4.78 is 4.70. The second-order valence-corrected chi connectivity index (χ2v) is 4.90. The molecule has 0 atom stereocenters. The van der Waals surface area contributed by atoms with Gasteiger partial charge < -0.3 is 4.74 Å². The van der Waals surface area contributed by atoms with Gasteiger partial charge in [0.25, 0.3) is 0 Å². The molecule has 2 nitrogen and oxygen atoms in total. The van der Waals surface area contributed by atoms with Crippen molar-refractivity contribution in [1.29, 1.82) is 0 Å². The van der Waals surface area contributed by atoms with Crippen molar-refractivity contribution >= 4 is 5.97 Å². The molecule has 0 bridgehead atoms. The van der Waals surface area contributed by atoms with E-state index in [4.69, 9.17) is 4.74 Å². The fourth-order valence-electron chi connectivity index (χ4n) is 2.25. The van der Waals surface area contributed by atoms with Gasteiger partial charge in [-0.05, 0) is 28.7 Å². The molecule has 0 N–H and O–H groups in total. The van der Waals surface area contributed by atoms with Gasteiger partial charge in [0.1, 0.15) is 0 Å². The Morgan fingerprint density at radius 1 is 1.00 bits per heavy atom. The first-order valence-electron chi connectivity index (χ1n) is 6.98. The molecule has 2 aromatic carbocycles. The predicted octanol–water partition coefficient (Wildman–Crippen LogP) is 4.02. The summed E-state index contributed by atoms with van der Waals surface area (Å²) in [7, 11) is 1.42. The molecule has 0 aliphatic heterocycles. The monoisotopic (exact) mass is 268 g/mol. The number of benzene rings is 2. The van der Waals surface area contributed by atoms with Crippen molar-refractivity contribution in [1.82, 2.24) is 0 Å². The highest BCUT2D eigenvalue weighted by molar-refractivity contribution is 5.73. The number of hydrogen-bond acceptors (Lipinski definition) is 2. The lowest BCUT2D eigenvalue weighted by Gasteiger charge is -2.06. The van der Waals surface area contributed by atoms with Crippen LogP contribution >= 0.6 is 0 Å². The van der Waals surface area contributed by atoms with E-state index in [0.717, 1.165) is 24.0 Å². The van der Waals surface area contributed by atoms with Crippen molar-refractivity contribution in [3.8, 4) is 11.1 Å². The normalized spacial score (nSPS) is 10.3. The molecule has 0 aliphatic carbocycles. The number of ether oxygens (including phenoxy) is 1. The Kier molecular flexibility index (Phi) is 4.94. The number of aryl methyl sites for hydroxylation is 1. The van der Waals surface area contributed by atoms with Crippen molar-refractivity contribution in [2.75, 3.05) is 7.11 Å². The molecule has 0 aliphatic rings. The summed E-state index contributed by atoms with van der Waals surface area (Å²) in [6.45, 7) is 2.18. The van der Waals surface area contributed by atoms with Crippen LogP contribution in [0.15, 0.2) is 48.5 Å². The summed E-state index contributed by atoms with van der Waals surface area (Å²) in [4.78, 5) is 11.3. The van der Waals surface area contributed by atoms with E-state index < -0.39 is 0 Å². The third-order valence-corrected chi connectivity index (χ3v) is 3.33. The quantitative estimate of drug-likeness (QED) is 0.765. The first-order valence-corrected chi connectivity index (χ1v) is 6.98. The number of rotatable bonds is 5. The largest absolute Gasteiger partial charge is 0.469 e. The topological polar surface area (TPSA) is 26.3 Å². The van der Waals surface area contributed by atoms with Crippen molar-refractivity contribution < 1.29 is 9.53 Å². The van der Waals surface area contributed by atoms with Crippen molar-refractivity contribution in [2.24, 2.45) is 0 Å². The summed E-state index contributed by atoms with van der Waals surface area (Å²) in [5.41, 5.74) is 4.65. The Labute approximate surface area is 120 Å². The third kappa shape index (κ3) is 3.70. The van der Waals surface area contributed by atoms with E-state index in [0.29, 0.717) is 6.42 Å². The minimum Gasteiger partial charge on any atom is -0.469 e. The summed E-state index contributed by atoms with van der Waals surface area (Å²) in [5, 5.41) is 0. The van der Waals surface area contributed by atoms with Crippen LogP contribution in [0.2, 0.25) is 0 Å². The standard InChI is InChI=1S/C18H20O2/c1-3-5-14-8-10-16(11-9-14)17-7-4-6-15(12-17)13-18(19)20-2/h4,6-12H,3,5,13H2,1-2H3. The van der Waals surface area contributed by atoms with E-state index in [9.17, 15) is 4.79 Å². The zero-order valence-electron chi connectivity index (χ0n) is 12.1. The number of esters is 1. The van der Waals surface area contributed by atoms with Gasteiger partial charge in [-0.2, -0.15) is 0 Å². The van der Waals surface area contributed by atoms with Crippen LogP contribution in [-0.2, 0) is 22.4 Å². The minimum absolute atomic E-state index is 0.208. The van der Waals surface area contributed by atoms with Gasteiger partial charge in [-0.3, -0.25) is 4.79 Å². The van der Waals surface area contributed by atoms with E-state index >= 15 is 0 Å². The van der Waals surface area contributed by atoms with Gasteiger partial charge in [0.2, 0.25) is 0 Å². The van der Waals surface area contributed by atoms with Crippen LogP contribution in [0, 0.1) is 0 Å². The molecule has 0 heterocycles. The Morgan fingerprint density at radius 3 is 2.40 bits per heavy atom. The highest BCUT2D eigenvalue weighted by atomic mass is 16.5. The maximum atomic E-state index is 11.3. The Bertz CT molecular complexity index is 570. The number of hydrogen-bond donors (Lipinski definition) is 0. The molecule has 0 saturated heterocycles. The van der Waals surface area contributed by atoms with Crippen LogP contribution in [0.1, 0.15) is 24.5 Å². The fourth-order valence-corrected chi connectivity index (χ4v) is 2.25. The Balaban J connectivity index is 2.19. The van der Waals surface area contributed by atoms with E-state index in [1.807, 2.05) is 18.2 Å². The Hall–Kier alpha value is -2.09. The molecule has 20 heavy (non-hydrogen) atoms. The summed E-state index contributed by atoms with van der Waals surface area (Å²) in [5.74, 6) is -0.208. The van der Waals surface area contributed by atoms with Crippen LogP contribution in [0.5, 0.6) is 0 Å². The highest BCUT2D eigenvalue weighted by Crippen LogP contribution is 2.21. The SMILES string of the molecule is CCCc1ccc(-c2cccc(CC(=O)OC)c2)cc1. The lowest BCUT2D eigenvalue weighted by Crippen LogP contribution is -2.04. The van der Waals surface area contributed by atoms with Gasteiger partial charge in [0, 0.05) is 0 Å².